The minimum absolute atomic E-state index is 0.170. The summed E-state index contributed by atoms with van der Waals surface area (Å²) in [6.45, 7) is 4.58. The van der Waals surface area contributed by atoms with E-state index < -0.39 is 6.04 Å². The number of ether oxygens (including phenoxy) is 1. The van der Waals surface area contributed by atoms with Crippen LogP contribution < -0.4 is 10.1 Å². The Morgan fingerprint density at radius 3 is 2.41 bits per heavy atom. The first kappa shape index (κ1) is 25.3. The molecule has 1 atom stereocenters. The normalized spacial score (nSPS) is 11.5. The molecule has 0 aliphatic heterocycles. The first-order chi connectivity index (χ1) is 16.5. The van der Waals surface area contributed by atoms with E-state index in [0.29, 0.717) is 23.7 Å². The molecule has 0 fully saturated rings. The minimum Gasteiger partial charge on any atom is -0.484 e. The zero-order valence-electron chi connectivity index (χ0n) is 19.7. The number of amides is 2. The molecule has 0 saturated carbocycles. The number of carbonyl (C=O) groups is 2. The van der Waals surface area contributed by atoms with E-state index in [0.717, 1.165) is 23.1 Å². The largest absolute Gasteiger partial charge is 0.484 e. The third-order valence-corrected chi connectivity index (χ3v) is 5.65. The van der Waals surface area contributed by atoms with Crippen molar-refractivity contribution in [3.05, 3.63) is 101 Å². The molecule has 3 aromatic carbocycles. The molecule has 3 aromatic rings. The van der Waals surface area contributed by atoms with E-state index in [9.17, 15) is 9.59 Å². The van der Waals surface area contributed by atoms with Crippen molar-refractivity contribution in [2.75, 3.05) is 13.2 Å². The Morgan fingerprint density at radius 1 is 0.971 bits per heavy atom. The van der Waals surface area contributed by atoms with Gasteiger partial charge in [-0.3, -0.25) is 9.59 Å². The van der Waals surface area contributed by atoms with Crippen molar-refractivity contribution < 1.29 is 14.3 Å². The van der Waals surface area contributed by atoms with Crippen molar-refractivity contribution in [3.8, 4) is 5.75 Å². The van der Waals surface area contributed by atoms with Crippen LogP contribution in [0.5, 0.6) is 5.75 Å². The number of rotatable bonds is 11. The number of carbonyl (C=O) groups excluding carboxylic acids is 2. The highest BCUT2D eigenvalue weighted by Gasteiger charge is 2.30. The summed E-state index contributed by atoms with van der Waals surface area (Å²) in [5, 5.41) is 3.55. The van der Waals surface area contributed by atoms with E-state index in [4.69, 9.17) is 16.3 Å². The fraction of sp³-hybridized carbons (Fsp3) is 0.286. The summed E-state index contributed by atoms with van der Waals surface area (Å²) in [4.78, 5) is 28.3. The maximum atomic E-state index is 13.5. The molecular formula is C28H31ClN2O3. The average molecular weight is 479 g/mol. The van der Waals surface area contributed by atoms with Crippen LogP contribution in [0.1, 0.15) is 30.0 Å². The number of benzene rings is 3. The molecule has 0 unspecified atom stereocenters. The maximum absolute atomic E-state index is 13.5. The lowest BCUT2D eigenvalue weighted by Crippen LogP contribution is -2.51. The summed E-state index contributed by atoms with van der Waals surface area (Å²) < 4.78 is 5.80. The Kier molecular flexibility index (Phi) is 9.53. The number of hydrogen-bond donors (Lipinski definition) is 1. The van der Waals surface area contributed by atoms with Gasteiger partial charge < -0.3 is 15.0 Å². The summed E-state index contributed by atoms with van der Waals surface area (Å²) >= 11 is 6.20. The molecule has 6 heteroatoms. The Balaban J connectivity index is 1.89. The van der Waals surface area contributed by atoms with E-state index >= 15 is 0 Å². The molecule has 0 heterocycles. The Hall–Kier alpha value is -3.31. The minimum atomic E-state index is -0.693. The molecule has 2 amide bonds. The molecule has 178 valence electrons. The predicted octanol–water partition coefficient (Wildman–Crippen LogP) is 5.19. The Labute approximate surface area is 206 Å². The second-order valence-corrected chi connectivity index (χ2v) is 8.69. The summed E-state index contributed by atoms with van der Waals surface area (Å²) in [5.41, 5.74) is 2.86. The van der Waals surface area contributed by atoms with E-state index in [-0.39, 0.29) is 25.0 Å². The quantitative estimate of drug-likeness (QED) is 0.412. The fourth-order valence-electron chi connectivity index (χ4n) is 3.69. The number of halogens is 1. The highest BCUT2D eigenvalue weighted by atomic mass is 35.5. The SMILES string of the molecule is CCCNC(=O)[C@H](Cc1ccccc1)N(Cc1cccc(Cl)c1)C(=O)COc1cccc(C)c1. The van der Waals surface area contributed by atoms with Crippen molar-refractivity contribution in [2.45, 2.75) is 39.3 Å². The van der Waals surface area contributed by atoms with Crippen LogP contribution in [-0.2, 0) is 22.6 Å². The number of hydrogen-bond acceptors (Lipinski definition) is 3. The van der Waals surface area contributed by atoms with Crippen LogP contribution in [-0.4, -0.2) is 35.9 Å². The Morgan fingerprint density at radius 2 is 1.71 bits per heavy atom. The summed E-state index contributed by atoms with van der Waals surface area (Å²) in [7, 11) is 0. The van der Waals surface area contributed by atoms with Gasteiger partial charge in [-0.05, 0) is 54.3 Å². The van der Waals surface area contributed by atoms with Gasteiger partial charge in [0, 0.05) is 24.5 Å². The maximum Gasteiger partial charge on any atom is 0.261 e. The second-order valence-electron chi connectivity index (χ2n) is 8.25. The van der Waals surface area contributed by atoms with Crippen molar-refractivity contribution in [2.24, 2.45) is 0 Å². The third kappa shape index (κ3) is 7.63. The summed E-state index contributed by atoms with van der Waals surface area (Å²) in [6.07, 6.45) is 1.20. The van der Waals surface area contributed by atoms with E-state index in [2.05, 4.69) is 5.32 Å². The molecule has 0 saturated heterocycles. The highest BCUT2D eigenvalue weighted by molar-refractivity contribution is 6.30. The van der Waals surface area contributed by atoms with Gasteiger partial charge in [0.05, 0.1) is 0 Å². The first-order valence-electron chi connectivity index (χ1n) is 11.5. The standard InChI is InChI=1S/C28H31ClN2O3/c1-3-15-30-28(33)26(18-22-10-5-4-6-11-22)31(19-23-12-8-13-24(29)17-23)27(32)20-34-25-14-7-9-21(2)16-25/h4-14,16-17,26H,3,15,18-20H2,1-2H3,(H,30,33)/t26-/m0/s1. The van der Waals surface area contributed by atoms with Crippen LogP contribution in [0.3, 0.4) is 0 Å². The second kappa shape index (κ2) is 12.8. The molecule has 1 N–H and O–H groups in total. The zero-order chi connectivity index (χ0) is 24.3. The molecule has 0 aromatic heterocycles. The van der Waals surface area contributed by atoms with Crippen LogP contribution >= 0.6 is 11.6 Å². The predicted molar refractivity (Wildman–Crippen MR) is 136 cm³/mol. The van der Waals surface area contributed by atoms with Gasteiger partial charge in [0.2, 0.25) is 5.91 Å². The van der Waals surface area contributed by atoms with Gasteiger partial charge >= 0.3 is 0 Å². The number of nitrogens with one attached hydrogen (secondary N) is 1. The third-order valence-electron chi connectivity index (χ3n) is 5.41. The van der Waals surface area contributed by atoms with Gasteiger partial charge in [0.1, 0.15) is 11.8 Å². The Bertz CT molecular complexity index is 1090. The van der Waals surface area contributed by atoms with Gasteiger partial charge in [0.25, 0.3) is 5.91 Å². The monoisotopic (exact) mass is 478 g/mol. The van der Waals surface area contributed by atoms with Crippen LogP contribution in [0.2, 0.25) is 5.02 Å². The van der Waals surface area contributed by atoms with Crippen LogP contribution in [0, 0.1) is 6.92 Å². The van der Waals surface area contributed by atoms with E-state index in [1.807, 2.05) is 86.6 Å². The topological polar surface area (TPSA) is 58.6 Å². The molecule has 3 rings (SSSR count). The molecule has 0 spiro atoms. The molecule has 0 radical (unpaired) electrons. The van der Waals surface area contributed by atoms with Gasteiger partial charge in [0.15, 0.2) is 6.61 Å². The van der Waals surface area contributed by atoms with Gasteiger partial charge in [-0.1, -0.05) is 73.1 Å². The smallest absolute Gasteiger partial charge is 0.261 e. The van der Waals surface area contributed by atoms with Crippen LogP contribution in [0.15, 0.2) is 78.9 Å². The summed E-state index contributed by atoms with van der Waals surface area (Å²) in [5.74, 6) is 0.164. The molecule has 0 aliphatic rings. The van der Waals surface area contributed by atoms with Crippen LogP contribution in [0.4, 0.5) is 0 Å². The molecule has 34 heavy (non-hydrogen) atoms. The van der Waals surface area contributed by atoms with Gasteiger partial charge in [-0.2, -0.15) is 0 Å². The lowest BCUT2D eigenvalue weighted by atomic mass is 10.0. The molecule has 0 aliphatic carbocycles. The van der Waals surface area contributed by atoms with Crippen molar-refractivity contribution in [1.82, 2.24) is 10.2 Å². The first-order valence-corrected chi connectivity index (χ1v) is 11.9. The molecule has 5 nitrogen and oxygen atoms in total. The van der Waals surface area contributed by atoms with Gasteiger partial charge in [-0.25, -0.2) is 0 Å². The zero-order valence-corrected chi connectivity index (χ0v) is 20.4. The average Bonchev–Trinajstić information content (AvgIpc) is 2.84. The number of aryl methyl sites for hydroxylation is 1. The lowest BCUT2D eigenvalue weighted by molar-refractivity contribution is -0.142. The number of nitrogens with zero attached hydrogens (tertiary/aromatic N) is 1. The van der Waals surface area contributed by atoms with Crippen LogP contribution in [0.25, 0.3) is 0 Å². The molecule has 0 bridgehead atoms. The molecular weight excluding hydrogens is 448 g/mol. The van der Waals surface area contributed by atoms with Gasteiger partial charge in [-0.15, -0.1) is 0 Å². The van der Waals surface area contributed by atoms with E-state index in [1.165, 1.54) is 0 Å². The highest BCUT2D eigenvalue weighted by Crippen LogP contribution is 2.19. The van der Waals surface area contributed by atoms with Crippen molar-refractivity contribution in [1.29, 1.82) is 0 Å². The van der Waals surface area contributed by atoms with Crippen molar-refractivity contribution in [3.63, 3.8) is 0 Å². The van der Waals surface area contributed by atoms with E-state index in [1.54, 1.807) is 11.0 Å². The fourth-order valence-corrected chi connectivity index (χ4v) is 3.90. The summed E-state index contributed by atoms with van der Waals surface area (Å²) in [6, 6.07) is 23.9. The van der Waals surface area contributed by atoms with Crippen molar-refractivity contribution >= 4 is 23.4 Å². The lowest BCUT2D eigenvalue weighted by Gasteiger charge is -2.31.